The summed E-state index contributed by atoms with van der Waals surface area (Å²) in [5.41, 5.74) is 0. The molecule has 2 saturated heterocycles. The molecule has 3 heterocycles. The van der Waals surface area contributed by atoms with Crippen molar-refractivity contribution in [3.05, 3.63) is 11.7 Å². The highest BCUT2D eigenvalue weighted by Crippen LogP contribution is 2.20. The summed E-state index contributed by atoms with van der Waals surface area (Å²) in [7, 11) is 0. The second-order valence-electron chi connectivity index (χ2n) is 5.41. The molecule has 1 aromatic rings. The first-order valence-electron chi connectivity index (χ1n) is 7.40. The molecule has 110 valence electrons. The first-order chi connectivity index (χ1) is 9.83. The molecule has 1 aromatic heterocycles. The van der Waals surface area contributed by atoms with E-state index in [1.165, 1.54) is 12.8 Å². The van der Waals surface area contributed by atoms with E-state index in [0.29, 0.717) is 12.4 Å². The number of carbonyl (C=O) groups excluding carboxylic acids is 1. The van der Waals surface area contributed by atoms with Crippen LogP contribution >= 0.6 is 0 Å². The Morgan fingerprint density at radius 1 is 1.40 bits per heavy atom. The molecule has 7 heteroatoms. The molecule has 1 atom stereocenters. The molecule has 0 aliphatic carbocycles. The lowest BCUT2D eigenvalue weighted by Crippen LogP contribution is -2.34. The van der Waals surface area contributed by atoms with Gasteiger partial charge in [-0.05, 0) is 45.3 Å². The third-order valence-electron chi connectivity index (χ3n) is 3.92. The summed E-state index contributed by atoms with van der Waals surface area (Å²) in [6.45, 7) is 4.75. The lowest BCUT2D eigenvalue weighted by Gasteiger charge is -2.13. The van der Waals surface area contributed by atoms with Crippen molar-refractivity contribution in [3.63, 3.8) is 0 Å². The highest BCUT2D eigenvalue weighted by atomic mass is 16.5. The van der Waals surface area contributed by atoms with Gasteiger partial charge in [-0.15, -0.1) is 0 Å². The summed E-state index contributed by atoms with van der Waals surface area (Å²) in [5.74, 6) is 0.402. The number of amides is 1. The third-order valence-corrected chi connectivity index (χ3v) is 3.92. The summed E-state index contributed by atoms with van der Waals surface area (Å²) >= 11 is 0. The Balaban J connectivity index is 1.46. The van der Waals surface area contributed by atoms with Gasteiger partial charge in [0.15, 0.2) is 0 Å². The monoisotopic (exact) mass is 279 g/mol. The van der Waals surface area contributed by atoms with E-state index in [4.69, 9.17) is 4.52 Å². The number of hydrogen-bond acceptors (Lipinski definition) is 6. The largest absolute Gasteiger partial charge is 0.348 e. The van der Waals surface area contributed by atoms with Crippen LogP contribution in [0, 0.1) is 0 Å². The Bertz CT molecular complexity index is 449. The van der Waals surface area contributed by atoms with Crippen molar-refractivity contribution in [2.24, 2.45) is 0 Å². The molecule has 0 radical (unpaired) electrons. The van der Waals surface area contributed by atoms with Gasteiger partial charge in [-0.3, -0.25) is 4.79 Å². The van der Waals surface area contributed by atoms with E-state index in [1.807, 2.05) is 0 Å². The van der Waals surface area contributed by atoms with Gasteiger partial charge in [-0.1, -0.05) is 5.16 Å². The van der Waals surface area contributed by atoms with E-state index in [2.05, 4.69) is 25.7 Å². The molecule has 7 nitrogen and oxygen atoms in total. The molecule has 2 aliphatic heterocycles. The zero-order chi connectivity index (χ0) is 13.8. The molecule has 0 spiro atoms. The minimum Gasteiger partial charge on any atom is -0.348 e. The SMILES string of the molecule is O=C(NCCN1CCCC1)c1noc(C2CCCN2)n1. The molecular weight excluding hydrogens is 258 g/mol. The smallest absolute Gasteiger partial charge is 0.292 e. The van der Waals surface area contributed by atoms with E-state index in [9.17, 15) is 4.79 Å². The molecule has 1 unspecified atom stereocenters. The number of rotatable bonds is 5. The van der Waals surface area contributed by atoms with E-state index >= 15 is 0 Å². The van der Waals surface area contributed by atoms with Gasteiger partial charge >= 0.3 is 0 Å². The highest BCUT2D eigenvalue weighted by molar-refractivity contribution is 5.90. The van der Waals surface area contributed by atoms with E-state index in [-0.39, 0.29) is 17.8 Å². The van der Waals surface area contributed by atoms with Crippen molar-refractivity contribution >= 4 is 5.91 Å². The van der Waals surface area contributed by atoms with Crippen molar-refractivity contribution in [2.45, 2.75) is 31.7 Å². The van der Waals surface area contributed by atoms with Gasteiger partial charge in [0.1, 0.15) is 0 Å². The Hall–Kier alpha value is -1.47. The first kappa shape index (κ1) is 13.5. The van der Waals surface area contributed by atoms with Crippen LogP contribution in [0.4, 0.5) is 0 Å². The van der Waals surface area contributed by atoms with Crippen molar-refractivity contribution in [2.75, 3.05) is 32.7 Å². The number of carbonyl (C=O) groups is 1. The van der Waals surface area contributed by atoms with Crippen molar-refractivity contribution in [1.29, 1.82) is 0 Å². The Morgan fingerprint density at radius 2 is 2.25 bits per heavy atom. The van der Waals surface area contributed by atoms with Crippen LogP contribution in [0.15, 0.2) is 4.52 Å². The minimum absolute atomic E-state index is 0.105. The first-order valence-corrected chi connectivity index (χ1v) is 7.40. The maximum Gasteiger partial charge on any atom is 0.292 e. The molecule has 0 aromatic carbocycles. The Morgan fingerprint density at radius 3 is 3.00 bits per heavy atom. The van der Waals surface area contributed by atoms with Crippen LogP contribution in [0.2, 0.25) is 0 Å². The fourth-order valence-electron chi connectivity index (χ4n) is 2.78. The lowest BCUT2D eigenvalue weighted by atomic mass is 10.2. The van der Waals surface area contributed by atoms with Crippen LogP contribution in [0.5, 0.6) is 0 Å². The summed E-state index contributed by atoms with van der Waals surface area (Å²) in [4.78, 5) is 18.4. The van der Waals surface area contributed by atoms with E-state index in [0.717, 1.165) is 39.0 Å². The molecule has 1 amide bonds. The van der Waals surface area contributed by atoms with Crippen molar-refractivity contribution < 1.29 is 9.32 Å². The lowest BCUT2D eigenvalue weighted by molar-refractivity contribution is 0.0936. The normalized spacial score (nSPS) is 23.3. The molecule has 2 fully saturated rings. The van der Waals surface area contributed by atoms with Crippen LogP contribution < -0.4 is 10.6 Å². The fraction of sp³-hybridized carbons (Fsp3) is 0.769. The molecule has 2 N–H and O–H groups in total. The van der Waals surface area contributed by atoms with Crippen LogP contribution in [-0.2, 0) is 0 Å². The number of likely N-dealkylation sites (tertiary alicyclic amines) is 1. The molecule has 3 rings (SSSR count). The topological polar surface area (TPSA) is 83.3 Å². The summed E-state index contributed by atoms with van der Waals surface area (Å²) in [6, 6.07) is 0.105. The van der Waals surface area contributed by atoms with Crippen LogP contribution in [-0.4, -0.2) is 53.7 Å². The van der Waals surface area contributed by atoms with Gasteiger partial charge in [0.2, 0.25) is 5.89 Å². The summed E-state index contributed by atoms with van der Waals surface area (Å²) in [5, 5.41) is 9.87. The van der Waals surface area contributed by atoms with E-state index in [1.54, 1.807) is 0 Å². The van der Waals surface area contributed by atoms with Crippen LogP contribution in [0.1, 0.15) is 48.2 Å². The molecule has 0 saturated carbocycles. The van der Waals surface area contributed by atoms with Gasteiger partial charge in [-0.2, -0.15) is 4.98 Å². The van der Waals surface area contributed by atoms with Crippen LogP contribution in [0.3, 0.4) is 0 Å². The molecule has 2 aliphatic rings. The number of hydrogen-bond donors (Lipinski definition) is 2. The molecule has 0 bridgehead atoms. The fourth-order valence-corrected chi connectivity index (χ4v) is 2.78. The van der Waals surface area contributed by atoms with Gasteiger partial charge in [-0.25, -0.2) is 0 Å². The molecule has 20 heavy (non-hydrogen) atoms. The third kappa shape index (κ3) is 3.16. The zero-order valence-electron chi connectivity index (χ0n) is 11.6. The number of nitrogens with zero attached hydrogens (tertiary/aromatic N) is 3. The van der Waals surface area contributed by atoms with E-state index < -0.39 is 0 Å². The van der Waals surface area contributed by atoms with Gasteiger partial charge < -0.3 is 20.1 Å². The average Bonchev–Trinajstić information content (AvgIpc) is 3.20. The Labute approximate surface area is 118 Å². The van der Waals surface area contributed by atoms with Gasteiger partial charge in [0, 0.05) is 13.1 Å². The van der Waals surface area contributed by atoms with Gasteiger partial charge in [0.25, 0.3) is 11.7 Å². The number of nitrogens with one attached hydrogen (secondary N) is 2. The zero-order valence-corrected chi connectivity index (χ0v) is 11.6. The summed E-state index contributed by atoms with van der Waals surface area (Å²) < 4.78 is 5.15. The minimum atomic E-state index is -0.253. The Kier molecular flexibility index (Phi) is 4.27. The molecular formula is C13H21N5O2. The highest BCUT2D eigenvalue weighted by Gasteiger charge is 2.24. The maximum atomic E-state index is 11.9. The second kappa shape index (κ2) is 6.32. The van der Waals surface area contributed by atoms with Gasteiger partial charge in [0.05, 0.1) is 6.04 Å². The van der Waals surface area contributed by atoms with Crippen molar-refractivity contribution in [1.82, 2.24) is 25.7 Å². The number of aromatic nitrogens is 2. The quantitative estimate of drug-likeness (QED) is 0.807. The van der Waals surface area contributed by atoms with Crippen molar-refractivity contribution in [3.8, 4) is 0 Å². The second-order valence-corrected chi connectivity index (χ2v) is 5.41. The standard InChI is InChI=1S/C13H21N5O2/c19-12(15-6-9-18-7-1-2-8-18)11-16-13(20-17-11)10-4-3-5-14-10/h10,14H,1-9H2,(H,15,19). The average molecular weight is 279 g/mol. The van der Waals surface area contributed by atoms with Crippen LogP contribution in [0.25, 0.3) is 0 Å². The predicted molar refractivity (Wildman–Crippen MR) is 72.3 cm³/mol. The summed E-state index contributed by atoms with van der Waals surface area (Å²) in [6.07, 6.45) is 4.61. The predicted octanol–water partition coefficient (Wildman–Crippen LogP) is 0.320. The maximum absolute atomic E-state index is 11.9.